The van der Waals surface area contributed by atoms with Crippen molar-refractivity contribution in [2.45, 2.75) is 32.9 Å². The third-order valence-corrected chi connectivity index (χ3v) is 3.92. The summed E-state index contributed by atoms with van der Waals surface area (Å²) < 4.78 is 7.79. The van der Waals surface area contributed by atoms with Crippen molar-refractivity contribution >= 4 is 0 Å². The fourth-order valence-electron chi connectivity index (χ4n) is 2.62. The summed E-state index contributed by atoms with van der Waals surface area (Å²) in [5.74, 6) is 1.48. The molecule has 0 aliphatic heterocycles. The van der Waals surface area contributed by atoms with Crippen molar-refractivity contribution in [3.63, 3.8) is 0 Å². The van der Waals surface area contributed by atoms with Gasteiger partial charge in [0, 0.05) is 6.54 Å². The molecule has 5 heteroatoms. The zero-order valence-corrected chi connectivity index (χ0v) is 14.0. The summed E-state index contributed by atoms with van der Waals surface area (Å²) in [4.78, 5) is 0. The van der Waals surface area contributed by atoms with Gasteiger partial charge in [0.15, 0.2) is 5.82 Å². The number of rotatable bonds is 6. The van der Waals surface area contributed by atoms with Crippen LogP contribution in [0.15, 0.2) is 54.6 Å². The van der Waals surface area contributed by atoms with E-state index in [9.17, 15) is 0 Å². The first-order chi connectivity index (χ1) is 11.7. The largest absolute Gasteiger partial charge is 0.424 e. The molecule has 1 atom stereocenters. The minimum absolute atomic E-state index is 0.227. The van der Waals surface area contributed by atoms with E-state index in [-0.39, 0.29) is 6.04 Å². The standard InChI is InChI=1S/C19H22N4O/c1-3-23-18(17(20)13-15-7-5-4-6-8-15)21-22-19(23)24-16-11-9-14(2)10-12-16/h4-12,17H,3,13,20H2,1-2H3/t17-/m1/s1. The molecule has 24 heavy (non-hydrogen) atoms. The Morgan fingerprint density at radius 3 is 2.42 bits per heavy atom. The Morgan fingerprint density at radius 2 is 1.75 bits per heavy atom. The fraction of sp³-hybridized carbons (Fsp3) is 0.263. The molecular weight excluding hydrogens is 300 g/mol. The highest BCUT2D eigenvalue weighted by atomic mass is 16.5. The van der Waals surface area contributed by atoms with Crippen LogP contribution in [-0.2, 0) is 13.0 Å². The molecule has 3 rings (SSSR count). The van der Waals surface area contributed by atoms with Gasteiger partial charge in [-0.1, -0.05) is 53.1 Å². The number of hydrogen-bond donors (Lipinski definition) is 1. The Hall–Kier alpha value is -2.66. The highest BCUT2D eigenvalue weighted by Gasteiger charge is 2.19. The quantitative estimate of drug-likeness (QED) is 0.752. The summed E-state index contributed by atoms with van der Waals surface area (Å²) in [7, 11) is 0. The topological polar surface area (TPSA) is 66.0 Å². The summed E-state index contributed by atoms with van der Waals surface area (Å²) in [5.41, 5.74) is 8.71. The van der Waals surface area contributed by atoms with E-state index in [2.05, 4.69) is 22.3 Å². The second-order valence-electron chi connectivity index (χ2n) is 5.80. The molecule has 0 unspecified atom stereocenters. The molecule has 1 aromatic heterocycles. The average molecular weight is 322 g/mol. The lowest BCUT2D eigenvalue weighted by molar-refractivity contribution is 0.408. The van der Waals surface area contributed by atoms with Crippen LogP contribution < -0.4 is 10.5 Å². The first-order valence-corrected chi connectivity index (χ1v) is 8.14. The molecule has 1 heterocycles. The average Bonchev–Trinajstić information content (AvgIpc) is 3.00. The molecule has 0 aliphatic carbocycles. The van der Waals surface area contributed by atoms with Crippen LogP contribution in [-0.4, -0.2) is 14.8 Å². The SMILES string of the molecule is CCn1c(Oc2ccc(C)cc2)nnc1[C@H](N)Cc1ccccc1. The number of nitrogens with zero attached hydrogens (tertiary/aromatic N) is 3. The molecule has 124 valence electrons. The van der Waals surface area contributed by atoms with Crippen LogP contribution in [0, 0.1) is 6.92 Å². The number of aromatic nitrogens is 3. The summed E-state index contributed by atoms with van der Waals surface area (Å²) in [6, 6.07) is 18.3. The molecule has 3 aromatic rings. The van der Waals surface area contributed by atoms with E-state index >= 15 is 0 Å². The van der Waals surface area contributed by atoms with E-state index in [1.165, 1.54) is 11.1 Å². The number of hydrogen-bond acceptors (Lipinski definition) is 4. The smallest absolute Gasteiger partial charge is 0.322 e. The van der Waals surface area contributed by atoms with E-state index in [0.717, 1.165) is 11.6 Å². The Morgan fingerprint density at radius 1 is 1.04 bits per heavy atom. The molecule has 0 radical (unpaired) electrons. The Kier molecular flexibility index (Phi) is 4.91. The number of benzene rings is 2. The van der Waals surface area contributed by atoms with Crippen LogP contribution in [0.2, 0.25) is 0 Å². The molecule has 2 aromatic carbocycles. The normalized spacial score (nSPS) is 12.1. The van der Waals surface area contributed by atoms with Gasteiger partial charge < -0.3 is 10.5 Å². The highest BCUT2D eigenvalue weighted by Crippen LogP contribution is 2.23. The third kappa shape index (κ3) is 3.63. The van der Waals surface area contributed by atoms with Gasteiger partial charge in [0.2, 0.25) is 0 Å². The maximum Gasteiger partial charge on any atom is 0.322 e. The summed E-state index contributed by atoms with van der Waals surface area (Å²) in [6.07, 6.45) is 0.712. The lowest BCUT2D eigenvalue weighted by Gasteiger charge is -2.13. The summed E-state index contributed by atoms with van der Waals surface area (Å²) in [5, 5.41) is 8.44. The molecule has 0 saturated carbocycles. The maximum atomic E-state index is 6.35. The minimum atomic E-state index is -0.227. The number of nitrogens with two attached hydrogens (primary N) is 1. The van der Waals surface area contributed by atoms with Crippen molar-refractivity contribution < 1.29 is 4.74 Å². The first-order valence-electron chi connectivity index (χ1n) is 8.14. The molecule has 0 spiro atoms. The lowest BCUT2D eigenvalue weighted by Crippen LogP contribution is -2.19. The molecule has 2 N–H and O–H groups in total. The van der Waals surface area contributed by atoms with Crippen LogP contribution in [0.5, 0.6) is 11.8 Å². The van der Waals surface area contributed by atoms with Gasteiger partial charge in [-0.25, -0.2) is 0 Å². The molecule has 0 saturated heterocycles. The van der Waals surface area contributed by atoms with Gasteiger partial charge in [0.1, 0.15) is 5.75 Å². The summed E-state index contributed by atoms with van der Waals surface area (Å²) in [6.45, 7) is 4.77. The van der Waals surface area contributed by atoms with Gasteiger partial charge in [-0.05, 0) is 38.0 Å². The Bertz CT molecular complexity index is 781. The molecule has 0 amide bonds. The predicted molar refractivity (Wildman–Crippen MR) is 94.0 cm³/mol. The van der Waals surface area contributed by atoms with Crippen molar-refractivity contribution in [3.05, 3.63) is 71.5 Å². The van der Waals surface area contributed by atoms with Crippen molar-refractivity contribution in [2.75, 3.05) is 0 Å². The number of ether oxygens (including phenoxy) is 1. The molecule has 0 aliphatic rings. The van der Waals surface area contributed by atoms with Crippen molar-refractivity contribution in [1.82, 2.24) is 14.8 Å². The zero-order chi connectivity index (χ0) is 16.9. The summed E-state index contributed by atoms with van der Waals surface area (Å²) >= 11 is 0. The zero-order valence-electron chi connectivity index (χ0n) is 14.0. The van der Waals surface area contributed by atoms with E-state index in [0.29, 0.717) is 19.0 Å². The second kappa shape index (κ2) is 7.27. The van der Waals surface area contributed by atoms with Crippen molar-refractivity contribution in [3.8, 4) is 11.8 Å². The van der Waals surface area contributed by atoms with Crippen LogP contribution in [0.25, 0.3) is 0 Å². The van der Waals surface area contributed by atoms with Gasteiger partial charge in [-0.15, -0.1) is 5.10 Å². The van der Waals surface area contributed by atoms with Gasteiger partial charge >= 0.3 is 6.01 Å². The van der Waals surface area contributed by atoms with Crippen LogP contribution in [0.1, 0.15) is 29.9 Å². The van der Waals surface area contributed by atoms with Crippen molar-refractivity contribution in [1.29, 1.82) is 0 Å². The molecule has 5 nitrogen and oxygen atoms in total. The van der Waals surface area contributed by atoms with E-state index in [1.54, 1.807) is 0 Å². The van der Waals surface area contributed by atoms with E-state index in [1.807, 2.05) is 60.9 Å². The fourth-order valence-corrected chi connectivity index (χ4v) is 2.62. The Labute approximate surface area is 142 Å². The molecule has 0 fully saturated rings. The van der Waals surface area contributed by atoms with E-state index in [4.69, 9.17) is 10.5 Å². The maximum absolute atomic E-state index is 6.35. The second-order valence-corrected chi connectivity index (χ2v) is 5.80. The van der Waals surface area contributed by atoms with Gasteiger partial charge in [-0.3, -0.25) is 4.57 Å². The van der Waals surface area contributed by atoms with E-state index < -0.39 is 0 Å². The van der Waals surface area contributed by atoms with Gasteiger partial charge in [-0.2, -0.15) is 0 Å². The van der Waals surface area contributed by atoms with Crippen molar-refractivity contribution in [2.24, 2.45) is 5.73 Å². The first kappa shape index (κ1) is 16.2. The number of aryl methyl sites for hydroxylation is 1. The Balaban J connectivity index is 1.79. The van der Waals surface area contributed by atoms with Gasteiger partial charge in [0.05, 0.1) is 6.04 Å². The minimum Gasteiger partial charge on any atom is -0.424 e. The van der Waals surface area contributed by atoms with Crippen LogP contribution in [0.4, 0.5) is 0 Å². The van der Waals surface area contributed by atoms with Gasteiger partial charge in [0.25, 0.3) is 0 Å². The van der Waals surface area contributed by atoms with Crippen LogP contribution >= 0.6 is 0 Å². The molecular formula is C19H22N4O. The predicted octanol–water partition coefficient (Wildman–Crippen LogP) is 3.64. The van der Waals surface area contributed by atoms with Crippen LogP contribution in [0.3, 0.4) is 0 Å². The third-order valence-electron chi connectivity index (χ3n) is 3.92. The highest BCUT2D eigenvalue weighted by molar-refractivity contribution is 5.28. The lowest BCUT2D eigenvalue weighted by atomic mass is 10.1. The molecule has 0 bridgehead atoms. The monoisotopic (exact) mass is 322 g/mol.